The van der Waals surface area contributed by atoms with E-state index in [2.05, 4.69) is 109 Å². The average molecular weight is 612 g/mol. The monoisotopic (exact) mass is 612 g/mol. The summed E-state index contributed by atoms with van der Waals surface area (Å²) in [7, 11) is -1.56. The van der Waals surface area contributed by atoms with Gasteiger partial charge in [-0.05, 0) is 0 Å². The third-order valence-electron chi connectivity index (χ3n) is 8.30. The van der Waals surface area contributed by atoms with Crippen LogP contribution in [-0.4, -0.2) is 26.5 Å². The number of hydrogen-bond acceptors (Lipinski definition) is 2. The van der Waals surface area contributed by atoms with Crippen LogP contribution in [0.25, 0.3) is 9.75 Å². The molecule has 0 amide bonds. The number of hydrogen-bond donors (Lipinski definition) is 0. The minimum absolute atomic E-state index is 0.781. The molecule has 2 heterocycles. The minimum atomic E-state index is -2.32. The first-order valence-electron chi connectivity index (χ1n) is 13.9. The van der Waals surface area contributed by atoms with Gasteiger partial charge in [0.15, 0.2) is 0 Å². The predicted molar refractivity (Wildman–Crippen MR) is 163 cm³/mol. The van der Waals surface area contributed by atoms with Gasteiger partial charge >= 0.3 is 221 Å². The summed E-state index contributed by atoms with van der Waals surface area (Å²) in [6, 6.07) is 10.1. The van der Waals surface area contributed by atoms with Crippen molar-refractivity contribution in [1.82, 2.24) is 0 Å². The molecular weight excluding hydrogens is 559 g/mol. The first-order chi connectivity index (χ1) is 15.7. The molecule has 0 unspecified atom stereocenters. The molecule has 0 atom stereocenters. The van der Waals surface area contributed by atoms with Crippen LogP contribution in [0.1, 0.15) is 101 Å². The summed E-state index contributed by atoms with van der Waals surface area (Å²) >= 11 is 2.04. The molecule has 0 fully saturated rings. The Labute approximate surface area is 219 Å². The molecule has 0 saturated carbocycles. The van der Waals surface area contributed by atoms with Crippen molar-refractivity contribution in [1.29, 1.82) is 0 Å². The van der Waals surface area contributed by atoms with Gasteiger partial charge in [0.2, 0.25) is 0 Å². The van der Waals surface area contributed by atoms with Crippen molar-refractivity contribution < 1.29 is 0 Å². The van der Waals surface area contributed by atoms with Crippen LogP contribution >= 0.6 is 22.7 Å². The molecule has 0 aromatic carbocycles. The van der Waals surface area contributed by atoms with Gasteiger partial charge in [-0.1, -0.05) is 0 Å². The van der Waals surface area contributed by atoms with Crippen molar-refractivity contribution >= 4 is 56.5 Å². The van der Waals surface area contributed by atoms with Crippen molar-refractivity contribution in [3.05, 3.63) is 24.3 Å². The van der Waals surface area contributed by atoms with Crippen LogP contribution in [0, 0.1) is 0 Å². The van der Waals surface area contributed by atoms with E-state index in [0.717, 1.165) is 16.6 Å². The molecule has 0 aliphatic heterocycles. The van der Waals surface area contributed by atoms with Crippen LogP contribution < -0.4 is 7.39 Å². The van der Waals surface area contributed by atoms with Crippen molar-refractivity contribution in [3.63, 3.8) is 0 Å². The molecule has 0 radical (unpaired) electrons. The van der Waals surface area contributed by atoms with Crippen LogP contribution in [0.4, 0.5) is 0 Å². The second-order valence-electron chi connectivity index (χ2n) is 11.3. The zero-order valence-electron chi connectivity index (χ0n) is 23.2. The summed E-state index contributed by atoms with van der Waals surface area (Å²) in [6.07, 6.45) is 8.42. The third kappa shape index (κ3) is 6.60. The Bertz CT molecular complexity index is 774. The maximum absolute atomic E-state index is 2.61. The van der Waals surface area contributed by atoms with E-state index >= 15 is 0 Å². The van der Waals surface area contributed by atoms with Gasteiger partial charge in [-0.25, -0.2) is 0 Å². The summed E-state index contributed by atoms with van der Waals surface area (Å²) in [6.45, 7) is 22.1. The van der Waals surface area contributed by atoms with Gasteiger partial charge in [0.25, 0.3) is 0 Å². The van der Waals surface area contributed by atoms with E-state index in [1.165, 1.54) is 38.5 Å². The molecule has 0 bridgehead atoms. The first kappa shape index (κ1) is 29.6. The van der Waals surface area contributed by atoms with Gasteiger partial charge in [-0.15, -0.1) is 0 Å². The van der Waals surface area contributed by atoms with E-state index in [-0.39, 0.29) is 0 Å². The molecule has 4 heteroatoms. The van der Waals surface area contributed by atoms with Crippen molar-refractivity contribution in [2.24, 2.45) is 0 Å². The maximum atomic E-state index is 2.61. The topological polar surface area (TPSA) is 0 Å². The van der Waals surface area contributed by atoms with Gasteiger partial charge in [0.1, 0.15) is 0 Å². The standard InChI is InChI=1S/C17H25S2Si.3C4H9.Sn/c1-12(2)20(13(3)4,14(5)6)17-10-9-16(19-17)15-8-7-11-18-15;3*1-3-4-2;/h7-10,12-14H,1-6H3;3*1,3-4H2,2H3;. The van der Waals surface area contributed by atoms with Crippen molar-refractivity contribution in [2.75, 3.05) is 0 Å². The fourth-order valence-corrected chi connectivity index (χ4v) is 36.8. The average Bonchev–Trinajstić information content (AvgIpc) is 3.43. The van der Waals surface area contributed by atoms with Crippen LogP contribution in [0.5, 0.6) is 0 Å². The second-order valence-corrected chi connectivity index (χ2v) is 33.9. The quantitative estimate of drug-likeness (QED) is 0.176. The molecule has 0 aliphatic rings. The van der Waals surface area contributed by atoms with E-state index < -0.39 is 26.5 Å². The number of unbranched alkanes of at least 4 members (excludes halogenated alkanes) is 3. The van der Waals surface area contributed by atoms with Crippen molar-refractivity contribution in [3.8, 4) is 9.75 Å². The Hall–Kier alpha value is 0.416. The van der Waals surface area contributed by atoms with Crippen LogP contribution in [0.15, 0.2) is 24.3 Å². The fraction of sp³-hybridized carbons (Fsp3) is 0.724. The van der Waals surface area contributed by atoms with Gasteiger partial charge in [0.05, 0.1) is 0 Å². The Balaban J connectivity index is 2.46. The summed E-state index contributed by atoms with van der Waals surface area (Å²) < 4.78 is 8.34. The first-order valence-corrected chi connectivity index (χ1v) is 25.2. The molecule has 2 rings (SSSR count). The molecule has 2 aromatic heterocycles. The molecule has 33 heavy (non-hydrogen) atoms. The van der Waals surface area contributed by atoms with E-state index in [1.807, 2.05) is 2.89 Å². The Morgan fingerprint density at radius 1 is 0.636 bits per heavy atom. The molecule has 0 nitrogen and oxygen atoms in total. The Kier molecular flexibility index (Phi) is 12.3. The summed E-state index contributed by atoms with van der Waals surface area (Å²) in [5.74, 6) is 0. The molecule has 2 aromatic rings. The van der Waals surface area contributed by atoms with Crippen LogP contribution in [0.3, 0.4) is 0 Å². The third-order valence-corrected chi connectivity index (χ3v) is 36.9. The van der Waals surface area contributed by atoms with Crippen molar-refractivity contribution in [2.45, 2.75) is 131 Å². The van der Waals surface area contributed by atoms with E-state index in [9.17, 15) is 0 Å². The van der Waals surface area contributed by atoms with Gasteiger partial charge in [0, 0.05) is 0 Å². The number of rotatable bonds is 15. The summed E-state index contributed by atoms with van der Waals surface area (Å²) in [5.41, 5.74) is 2.34. The van der Waals surface area contributed by atoms with E-state index in [4.69, 9.17) is 0 Å². The van der Waals surface area contributed by atoms with Crippen LogP contribution in [-0.2, 0) is 0 Å². The fourth-order valence-electron chi connectivity index (χ4n) is 6.60. The second kappa shape index (κ2) is 13.6. The van der Waals surface area contributed by atoms with Gasteiger partial charge < -0.3 is 0 Å². The van der Waals surface area contributed by atoms with Gasteiger partial charge in [-0.3, -0.25) is 0 Å². The van der Waals surface area contributed by atoms with Gasteiger partial charge in [-0.2, -0.15) is 0 Å². The Morgan fingerprint density at radius 3 is 1.48 bits per heavy atom. The summed E-state index contributed by atoms with van der Waals surface area (Å²) in [4.78, 5) is 3.10. The van der Waals surface area contributed by atoms with Crippen LogP contribution in [0.2, 0.25) is 29.9 Å². The molecule has 0 spiro atoms. The molecule has 188 valence electrons. The molecule has 0 N–H and O–H groups in total. The molecule has 0 aliphatic carbocycles. The zero-order valence-corrected chi connectivity index (χ0v) is 28.7. The normalized spacial score (nSPS) is 13.1. The van der Waals surface area contributed by atoms with E-state index in [0.29, 0.717) is 0 Å². The van der Waals surface area contributed by atoms with E-state index in [1.54, 1.807) is 27.6 Å². The number of thiophene rings is 2. The molecule has 0 saturated heterocycles. The summed E-state index contributed by atoms with van der Waals surface area (Å²) in [5, 5.41) is 0. The predicted octanol–water partition coefficient (Wildman–Crippen LogP) is 10.4. The zero-order chi connectivity index (χ0) is 24.6. The SMILES string of the molecule is CCC[CH2][Sn]([CH2]CCC)([CH2]CCC)[c]1ccc(-c2ccc([Si](C(C)C)(C(C)C)C(C)C)s2)s1. The Morgan fingerprint density at radius 2 is 1.06 bits per heavy atom. The molecular formula is C29H52S2SiSn.